The van der Waals surface area contributed by atoms with E-state index in [1.54, 1.807) is 34.6 Å². The molecule has 1 aliphatic heterocycles. The maximum Gasteiger partial charge on any atom is 0.270 e. The summed E-state index contributed by atoms with van der Waals surface area (Å²) in [6.07, 6.45) is 3.34. The fourth-order valence-electron chi connectivity index (χ4n) is 3.82. The van der Waals surface area contributed by atoms with Crippen LogP contribution in [0.1, 0.15) is 55.9 Å². The Morgan fingerprint density at radius 2 is 1.94 bits per heavy atom. The number of nitrogens with one attached hydrogen (secondary N) is 1. The molecule has 35 heavy (non-hydrogen) atoms. The van der Waals surface area contributed by atoms with Crippen LogP contribution < -0.4 is 10.9 Å². The first-order valence-electron chi connectivity index (χ1n) is 11.6. The van der Waals surface area contributed by atoms with Crippen LogP contribution in [0.25, 0.3) is 6.08 Å². The standard InChI is InChI=1S/C26H29FN4O2S2/c1-5-6-11-30-23(29-14-18-7-9-19(27)10-8-18)20(17(4)21(13-28)24(30)32)12-22-25(33)31(15-16(2)3)26(34)35-22/h7-10,12,16,29H,5-6,11,14-15H2,1-4H3/b22-12+. The summed E-state index contributed by atoms with van der Waals surface area (Å²) in [5.74, 6) is 0.278. The number of unbranched alkanes of at least 4 members (excludes halogenated alkanes) is 1. The van der Waals surface area contributed by atoms with E-state index in [0.29, 0.717) is 45.8 Å². The molecular formula is C26H29FN4O2S2. The Hall–Kier alpha value is -2.96. The highest BCUT2D eigenvalue weighted by molar-refractivity contribution is 8.26. The minimum Gasteiger partial charge on any atom is -0.367 e. The third kappa shape index (κ3) is 6.00. The molecule has 1 saturated heterocycles. The molecule has 1 aromatic carbocycles. The number of carbonyl (C=O) groups excluding carboxylic acids is 1. The number of aromatic nitrogens is 1. The average Bonchev–Trinajstić information content (AvgIpc) is 3.07. The number of amides is 1. The summed E-state index contributed by atoms with van der Waals surface area (Å²) >= 11 is 6.67. The van der Waals surface area contributed by atoms with E-state index in [-0.39, 0.29) is 28.8 Å². The molecular weight excluding hydrogens is 483 g/mol. The predicted octanol–water partition coefficient (Wildman–Crippen LogP) is 5.44. The van der Waals surface area contributed by atoms with Gasteiger partial charge in [0.1, 0.15) is 27.6 Å². The van der Waals surface area contributed by atoms with E-state index in [9.17, 15) is 19.2 Å². The van der Waals surface area contributed by atoms with E-state index in [0.717, 1.165) is 18.4 Å². The SMILES string of the molecule is CCCCn1c(NCc2ccc(F)cc2)c(/C=C2/SC(=S)N(CC(C)C)C2=O)c(C)c(C#N)c1=O. The van der Waals surface area contributed by atoms with Crippen LogP contribution in [0, 0.1) is 30.0 Å². The Balaban J connectivity index is 2.14. The van der Waals surface area contributed by atoms with Crippen molar-refractivity contribution in [3.63, 3.8) is 0 Å². The minimum absolute atomic E-state index is 0.0531. The third-order valence-corrected chi connectivity index (χ3v) is 7.06. The largest absolute Gasteiger partial charge is 0.367 e. The van der Waals surface area contributed by atoms with E-state index in [1.165, 1.54) is 23.9 Å². The molecule has 0 bridgehead atoms. The first-order valence-corrected chi connectivity index (χ1v) is 12.8. The molecule has 2 aromatic rings. The zero-order chi connectivity index (χ0) is 25.7. The van der Waals surface area contributed by atoms with Gasteiger partial charge in [-0.1, -0.05) is 63.3 Å². The van der Waals surface area contributed by atoms with Gasteiger partial charge in [-0.2, -0.15) is 5.26 Å². The van der Waals surface area contributed by atoms with E-state index >= 15 is 0 Å². The lowest BCUT2D eigenvalue weighted by molar-refractivity contribution is -0.122. The van der Waals surface area contributed by atoms with Crippen LogP contribution in [-0.4, -0.2) is 26.2 Å². The predicted molar refractivity (Wildman–Crippen MR) is 144 cm³/mol. The van der Waals surface area contributed by atoms with Crippen LogP contribution in [0.4, 0.5) is 10.2 Å². The first-order chi connectivity index (χ1) is 16.7. The average molecular weight is 513 g/mol. The Kier molecular flexibility index (Phi) is 8.87. The number of thioether (sulfide) groups is 1. The fraction of sp³-hybridized carbons (Fsp3) is 0.385. The van der Waals surface area contributed by atoms with E-state index in [4.69, 9.17) is 12.2 Å². The molecule has 0 aliphatic carbocycles. The van der Waals surface area contributed by atoms with Gasteiger partial charge in [0.05, 0.1) is 4.91 Å². The van der Waals surface area contributed by atoms with Gasteiger partial charge in [0.25, 0.3) is 11.5 Å². The number of nitriles is 1. The zero-order valence-corrected chi connectivity index (χ0v) is 22.0. The molecule has 6 nitrogen and oxygen atoms in total. The van der Waals surface area contributed by atoms with E-state index < -0.39 is 0 Å². The second-order valence-electron chi connectivity index (χ2n) is 8.85. The minimum atomic E-state index is -0.371. The number of hydrogen-bond donors (Lipinski definition) is 1. The molecule has 1 fully saturated rings. The summed E-state index contributed by atoms with van der Waals surface area (Å²) in [6.45, 7) is 9.07. The van der Waals surface area contributed by atoms with Crippen LogP contribution >= 0.6 is 24.0 Å². The summed E-state index contributed by atoms with van der Waals surface area (Å²) in [6, 6.07) is 8.15. The van der Waals surface area contributed by atoms with Gasteiger partial charge in [-0.05, 0) is 48.6 Å². The maximum atomic E-state index is 13.4. The number of thiocarbonyl (C=S) groups is 1. The molecule has 1 amide bonds. The summed E-state index contributed by atoms with van der Waals surface area (Å²) in [4.78, 5) is 28.4. The molecule has 1 aliphatic rings. The highest BCUT2D eigenvalue weighted by Crippen LogP contribution is 2.35. The molecule has 0 atom stereocenters. The first kappa shape index (κ1) is 26.6. The highest BCUT2D eigenvalue weighted by Gasteiger charge is 2.33. The van der Waals surface area contributed by atoms with Gasteiger partial charge in [0.2, 0.25) is 0 Å². The third-order valence-electron chi connectivity index (χ3n) is 5.68. The van der Waals surface area contributed by atoms with Gasteiger partial charge in [-0.15, -0.1) is 0 Å². The maximum absolute atomic E-state index is 13.4. The van der Waals surface area contributed by atoms with Crippen LogP contribution in [0.15, 0.2) is 34.0 Å². The van der Waals surface area contributed by atoms with Gasteiger partial charge in [0, 0.05) is 25.2 Å². The lowest BCUT2D eigenvalue weighted by Crippen LogP contribution is -2.31. The molecule has 1 N–H and O–H groups in total. The number of pyridine rings is 1. The van der Waals surface area contributed by atoms with Crippen molar-refractivity contribution in [2.45, 2.75) is 53.6 Å². The summed E-state index contributed by atoms with van der Waals surface area (Å²) in [5, 5.41) is 13.1. The van der Waals surface area contributed by atoms with E-state index in [1.807, 2.05) is 26.8 Å². The van der Waals surface area contributed by atoms with Crippen molar-refractivity contribution in [2.24, 2.45) is 5.92 Å². The molecule has 184 valence electrons. The molecule has 0 unspecified atom stereocenters. The number of carbonyl (C=O) groups is 1. The van der Waals surface area contributed by atoms with Crippen molar-refractivity contribution in [1.82, 2.24) is 9.47 Å². The quantitative estimate of drug-likeness (QED) is 0.356. The number of halogens is 1. The fourth-order valence-corrected chi connectivity index (χ4v) is 5.08. The molecule has 1 aromatic heterocycles. The zero-order valence-electron chi connectivity index (χ0n) is 20.4. The van der Waals surface area contributed by atoms with Crippen LogP contribution in [0.5, 0.6) is 0 Å². The Labute approximate surface area is 214 Å². The Bertz CT molecular complexity index is 1260. The number of nitrogens with zero attached hydrogens (tertiary/aromatic N) is 3. The van der Waals surface area contributed by atoms with Gasteiger partial charge in [-0.3, -0.25) is 19.1 Å². The van der Waals surface area contributed by atoms with Crippen molar-refractivity contribution < 1.29 is 9.18 Å². The van der Waals surface area contributed by atoms with Gasteiger partial charge < -0.3 is 5.32 Å². The van der Waals surface area contributed by atoms with Crippen molar-refractivity contribution in [3.05, 3.63) is 67.6 Å². The molecule has 2 heterocycles. The summed E-state index contributed by atoms with van der Waals surface area (Å²) in [5.41, 5.74) is 1.62. The molecule has 9 heteroatoms. The monoisotopic (exact) mass is 512 g/mol. The lowest BCUT2D eigenvalue weighted by Gasteiger charge is -2.20. The number of benzene rings is 1. The van der Waals surface area contributed by atoms with Gasteiger partial charge in [-0.25, -0.2) is 4.39 Å². The van der Waals surface area contributed by atoms with Crippen molar-refractivity contribution in [1.29, 1.82) is 5.26 Å². The van der Waals surface area contributed by atoms with Crippen LogP contribution in [0.2, 0.25) is 0 Å². The molecule has 0 spiro atoms. The molecule has 0 saturated carbocycles. The smallest absolute Gasteiger partial charge is 0.270 e. The molecule has 0 radical (unpaired) electrons. The van der Waals surface area contributed by atoms with Gasteiger partial charge >= 0.3 is 0 Å². The second kappa shape index (κ2) is 11.6. The summed E-state index contributed by atoms with van der Waals surface area (Å²) < 4.78 is 15.4. The van der Waals surface area contributed by atoms with Gasteiger partial charge in [0.15, 0.2) is 0 Å². The molecule has 3 rings (SSSR count). The van der Waals surface area contributed by atoms with Crippen molar-refractivity contribution >= 4 is 46.1 Å². The number of hydrogen-bond acceptors (Lipinski definition) is 6. The lowest BCUT2D eigenvalue weighted by atomic mass is 10.0. The van der Waals surface area contributed by atoms with E-state index in [2.05, 4.69) is 5.32 Å². The topological polar surface area (TPSA) is 78.1 Å². The Morgan fingerprint density at radius 3 is 2.54 bits per heavy atom. The van der Waals surface area contributed by atoms with Crippen molar-refractivity contribution in [3.8, 4) is 6.07 Å². The van der Waals surface area contributed by atoms with Crippen LogP contribution in [0.3, 0.4) is 0 Å². The number of rotatable bonds is 9. The Morgan fingerprint density at radius 1 is 1.26 bits per heavy atom. The van der Waals surface area contributed by atoms with Crippen LogP contribution in [-0.2, 0) is 17.9 Å². The summed E-state index contributed by atoms with van der Waals surface area (Å²) in [7, 11) is 0. The number of anilines is 1. The highest BCUT2D eigenvalue weighted by atomic mass is 32.2. The normalized spacial score (nSPS) is 14.8. The van der Waals surface area contributed by atoms with Crippen molar-refractivity contribution in [2.75, 3.05) is 11.9 Å². The second-order valence-corrected chi connectivity index (χ2v) is 10.5.